The van der Waals surface area contributed by atoms with E-state index in [0.29, 0.717) is 36.8 Å². The van der Waals surface area contributed by atoms with Gasteiger partial charge in [-0.2, -0.15) is 5.26 Å². The third kappa shape index (κ3) is 5.17. The fourth-order valence-corrected chi connectivity index (χ4v) is 3.16. The standard InChI is InChI=1S/C22H24N2O4/c1-2-26-21-12-16(14-23)6-9-20(21)28-15-22(25)24-10-11-27-19-8-7-17-4-3-5-18(17)13-19/h6-9,12-13H,2-5,10-11,15H2,1H3,(H,24,25). The zero-order valence-electron chi connectivity index (χ0n) is 16.0. The van der Waals surface area contributed by atoms with Gasteiger partial charge in [0.15, 0.2) is 18.1 Å². The maximum absolute atomic E-state index is 12.0. The van der Waals surface area contributed by atoms with Gasteiger partial charge in [-0.3, -0.25) is 4.79 Å². The zero-order chi connectivity index (χ0) is 19.8. The average molecular weight is 380 g/mol. The molecule has 2 aromatic rings. The van der Waals surface area contributed by atoms with Gasteiger partial charge in [0.2, 0.25) is 0 Å². The van der Waals surface area contributed by atoms with Crippen LogP contribution in [0.1, 0.15) is 30.0 Å². The summed E-state index contributed by atoms with van der Waals surface area (Å²) in [7, 11) is 0. The minimum atomic E-state index is -0.246. The van der Waals surface area contributed by atoms with Crippen LogP contribution in [0.4, 0.5) is 0 Å². The Bertz CT molecular complexity index is 873. The summed E-state index contributed by atoms with van der Waals surface area (Å²) >= 11 is 0. The predicted octanol–water partition coefficient (Wildman–Crippen LogP) is 3.02. The molecule has 0 saturated carbocycles. The van der Waals surface area contributed by atoms with Crippen molar-refractivity contribution in [2.45, 2.75) is 26.2 Å². The van der Waals surface area contributed by atoms with Crippen molar-refractivity contribution in [2.24, 2.45) is 0 Å². The maximum atomic E-state index is 12.0. The van der Waals surface area contributed by atoms with Gasteiger partial charge >= 0.3 is 0 Å². The summed E-state index contributed by atoms with van der Waals surface area (Å²) < 4.78 is 16.7. The molecule has 0 spiro atoms. The second-order valence-corrected chi connectivity index (χ2v) is 6.48. The maximum Gasteiger partial charge on any atom is 0.258 e. The largest absolute Gasteiger partial charge is 0.492 e. The van der Waals surface area contributed by atoms with Crippen LogP contribution in [0.3, 0.4) is 0 Å². The molecule has 2 aromatic carbocycles. The number of carbonyl (C=O) groups is 1. The van der Waals surface area contributed by atoms with Crippen LogP contribution >= 0.6 is 0 Å². The van der Waals surface area contributed by atoms with E-state index < -0.39 is 0 Å². The fourth-order valence-electron chi connectivity index (χ4n) is 3.16. The Morgan fingerprint density at radius 2 is 1.93 bits per heavy atom. The lowest BCUT2D eigenvalue weighted by atomic mass is 10.1. The van der Waals surface area contributed by atoms with Crippen molar-refractivity contribution in [1.82, 2.24) is 5.32 Å². The molecular weight excluding hydrogens is 356 g/mol. The Kier molecular flexibility index (Phi) is 6.74. The minimum Gasteiger partial charge on any atom is -0.492 e. The van der Waals surface area contributed by atoms with Crippen LogP contribution in [0, 0.1) is 11.3 Å². The van der Waals surface area contributed by atoms with Gasteiger partial charge in [-0.1, -0.05) is 6.07 Å². The highest BCUT2D eigenvalue weighted by atomic mass is 16.5. The molecule has 0 aliphatic heterocycles. The summed E-state index contributed by atoms with van der Waals surface area (Å²) in [6.45, 7) is 2.94. The Balaban J connectivity index is 1.41. The summed E-state index contributed by atoms with van der Waals surface area (Å²) in [5.41, 5.74) is 3.25. The molecule has 0 fully saturated rings. The fraction of sp³-hybridized carbons (Fsp3) is 0.364. The van der Waals surface area contributed by atoms with E-state index in [4.69, 9.17) is 19.5 Å². The lowest BCUT2D eigenvalue weighted by Gasteiger charge is -2.12. The first-order valence-corrected chi connectivity index (χ1v) is 9.50. The predicted molar refractivity (Wildman–Crippen MR) is 105 cm³/mol. The van der Waals surface area contributed by atoms with Crippen LogP contribution in [0.25, 0.3) is 0 Å². The van der Waals surface area contributed by atoms with Gasteiger partial charge in [-0.05, 0) is 61.6 Å². The Morgan fingerprint density at radius 1 is 1.07 bits per heavy atom. The van der Waals surface area contributed by atoms with Gasteiger partial charge in [0.05, 0.1) is 24.8 Å². The number of nitriles is 1. The van der Waals surface area contributed by atoms with Gasteiger partial charge in [-0.25, -0.2) is 0 Å². The molecule has 1 amide bonds. The monoisotopic (exact) mass is 380 g/mol. The number of ether oxygens (including phenoxy) is 3. The van der Waals surface area contributed by atoms with Crippen molar-refractivity contribution in [2.75, 3.05) is 26.4 Å². The smallest absolute Gasteiger partial charge is 0.258 e. The molecule has 0 atom stereocenters. The summed E-state index contributed by atoms with van der Waals surface area (Å²) in [6.07, 6.45) is 3.47. The molecule has 3 rings (SSSR count). The summed E-state index contributed by atoms with van der Waals surface area (Å²) in [6, 6.07) is 13.1. The van der Waals surface area contributed by atoms with E-state index in [1.54, 1.807) is 18.2 Å². The van der Waals surface area contributed by atoms with E-state index in [0.717, 1.165) is 18.6 Å². The number of carbonyl (C=O) groups excluding carboxylic acids is 1. The van der Waals surface area contributed by atoms with Gasteiger partial charge in [0.1, 0.15) is 12.4 Å². The first-order chi connectivity index (χ1) is 13.7. The molecule has 0 bridgehead atoms. The molecule has 1 aliphatic rings. The third-order valence-electron chi connectivity index (χ3n) is 4.49. The molecule has 0 saturated heterocycles. The summed E-state index contributed by atoms with van der Waals surface area (Å²) in [4.78, 5) is 12.0. The first-order valence-electron chi connectivity index (χ1n) is 9.50. The quantitative estimate of drug-likeness (QED) is 0.677. The number of aryl methyl sites for hydroxylation is 2. The second kappa shape index (κ2) is 9.65. The molecule has 0 heterocycles. The van der Waals surface area contributed by atoms with E-state index in [1.807, 2.05) is 13.0 Å². The Morgan fingerprint density at radius 3 is 2.75 bits per heavy atom. The molecule has 6 nitrogen and oxygen atoms in total. The average Bonchev–Trinajstić information content (AvgIpc) is 3.18. The van der Waals surface area contributed by atoms with Crippen LogP contribution in [0.5, 0.6) is 17.2 Å². The van der Waals surface area contributed by atoms with Crippen LogP contribution in [-0.4, -0.2) is 32.3 Å². The number of benzene rings is 2. The number of nitrogens with one attached hydrogen (secondary N) is 1. The van der Waals surface area contributed by atoms with Gasteiger partial charge in [0.25, 0.3) is 5.91 Å². The normalized spacial score (nSPS) is 12.0. The van der Waals surface area contributed by atoms with Gasteiger partial charge in [0, 0.05) is 6.07 Å². The van der Waals surface area contributed by atoms with Crippen LogP contribution in [0.2, 0.25) is 0 Å². The van der Waals surface area contributed by atoms with Crippen molar-refractivity contribution >= 4 is 5.91 Å². The summed E-state index contributed by atoms with van der Waals surface area (Å²) in [5, 5.41) is 11.7. The number of hydrogen-bond donors (Lipinski definition) is 1. The second-order valence-electron chi connectivity index (χ2n) is 6.48. The van der Waals surface area contributed by atoms with Gasteiger partial charge < -0.3 is 19.5 Å². The van der Waals surface area contributed by atoms with Crippen molar-refractivity contribution in [3.63, 3.8) is 0 Å². The Hall–Kier alpha value is -3.20. The van der Waals surface area contributed by atoms with Crippen LogP contribution in [-0.2, 0) is 17.6 Å². The zero-order valence-corrected chi connectivity index (χ0v) is 16.0. The molecule has 1 aliphatic carbocycles. The van der Waals surface area contributed by atoms with E-state index in [2.05, 4.69) is 23.5 Å². The van der Waals surface area contributed by atoms with Crippen molar-refractivity contribution < 1.29 is 19.0 Å². The highest BCUT2D eigenvalue weighted by Crippen LogP contribution is 2.28. The molecule has 0 unspecified atom stereocenters. The SMILES string of the molecule is CCOc1cc(C#N)ccc1OCC(=O)NCCOc1ccc2c(c1)CCC2. The molecule has 6 heteroatoms. The van der Waals surface area contributed by atoms with Gasteiger partial charge in [-0.15, -0.1) is 0 Å². The minimum absolute atomic E-state index is 0.134. The summed E-state index contributed by atoms with van der Waals surface area (Å²) in [5.74, 6) is 1.48. The van der Waals surface area contributed by atoms with Crippen molar-refractivity contribution in [3.8, 4) is 23.3 Å². The lowest BCUT2D eigenvalue weighted by Crippen LogP contribution is -2.32. The van der Waals surface area contributed by atoms with Crippen molar-refractivity contribution in [3.05, 3.63) is 53.1 Å². The molecule has 0 radical (unpaired) electrons. The number of nitrogens with zero attached hydrogens (tertiary/aromatic N) is 1. The van der Waals surface area contributed by atoms with E-state index in [-0.39, 0.29) is 12.5 Å². The van der Waals surface area contributed by atoms with E-state index in [9.17, 15) is 4.79 Å². The molecule has 0 aromatic heterocycles. The number of hydrogen-bond acceptors (Lipinski definition) is 5. The Labute approximate surface area is 165 Å². The molecule has 1 N–H and O–H groups in total. The highest BCUT2D eigenvalue weighted by molar-refractivity contribution is 5.77. The number of amides is 1. The highest BCUT2D eigenvalue weighted by Gasteiger charge is 2.12. The van der Waals surface area contributed by atoms with Crippen molar-refractivity contribution in [1.29, 1.82) is 5.26 Å². The number of rotatable bonds is 9. The molecule has 28 heavy (non-hydrogen) atoms. The molecular formula is C22H24N2O4. The van der Waals surface area contributed by atoms with Crippen LogP contribution in [0.15, 0.2) is 36.4 Å². The molecule has 146 valence electrons. The third-order valence-corrected chi connectivity index (χ3v) is 4.49. The first kappa shape index (κ1) is 19.6. The lowest BCUT2D eigenvalue weighted by molar-refractivity contribution is -0.123. The topological polar surface area (TPSA) is 80.6 Å². The number of fused-ring (bicyclic) bond motifs is 1. The van der Waals surface area contributed by atoms with E-state index in [1.165, 1.54) is 17.5 Å². The van der Waals surface area contributed by atoms with Crippen LogP contribution < -0.4 is 19.5 Å². The van der Waals surface area contributed by atoms with E-state index >= 15 is 0 Å².